The van der Waals surface area contributed by atoms with Gasteiger partial charge in [0.15, 0.2) is 10.8 Å². The SMILES string of the molecule is Nc1nc[nH]c1S(=O)(=O)N1CCOCC1. The lowest BCUT2D eigenvalue weighted by atomic mass is 10.5. The van der Waals surface area contributed by atoms with Crippen LogP contribution in [-0.4, -0.2) is 49.0 Å². The molecule has 1 aliphatic heterocycles. The number of ether oxygens (including phenoxy) is 1. The molecule has 2 rings (SSSR count). The van der Waals surface area contributed by atoms with Crippen molar-refractivity contribution in [2.24, 2.45) is 0 Å². The van der Waals surface area contributed by atoms with Gasteiger partial charge in [0.2, 0.25) is 0 Å². The molecule has 3 N–H and O–H groups in total. The molecule has 7 nitrogen and oxygen atoms in total. The average Bonchev–Trinajstić information content (AvgIpc) is 2.66. The Morgan fingerprint density at radius 2 is 2.13 bits per heavy atom. The van der Waals surface area contributed by atoms with Crippen molar-refractivity contribution in [3.63, 3.8) is 0 Å². The van der Waals surface area contributed by atoms with E-state index in [2.05, 4.69) is 9.97 Å². The number of sulfonamides is 1. The zero-order chi connectivity index (χ0) is 10.9. The highest BCUT2D eigenvalue weighted by Gasteiger charge is 2.29. The van der Waals surface area contributed by atoms with Crippen LogP contribution in [0.4, 0.5) is 5.82 Å². The number of aromatic amines is 1. The minimum absolute atomic E-state index is 0.00138. The molecule has 8 heteroatoms. The van der Waals surface area contributed by atoms with Crippen LogP contribution < -0.4 is 5.73 Å². The Hall–Kier alpha value is -1.12. The predicted octanol–water partition coefficient (Wildman–Crippen LogP) is -0.987. The van der Waals surface area contributed by atoms with E-state index in [4.69, 9.17) is 10.5 Å². The fourth-order valence-electron chi connectivity index (χ4n) is 1.42. The molecule has 1 saturated heterocycles. The standard InChI is InChI=1S/C7H12N4O3S/c8-6-7(10-5-9-6)15(12,13)11-1-3-14-4-2-11/h5H,1-4,8H2,(H,9,10). The molecule has 0 spiro atoms. The number of nitrogens with zero attached hydrogens (tertiary/aromatic N) is 2. The highest BCUT2D eigenvalue weighted by Crippen LogP contribution is 2.18. The van der Waals surface area contributed by atoms with Crippen molar-refractivity contribution in [1.82, 2.24) is 14.3 Å². The summed E-state index contributed by atoms with van der Waals surface area (Å²) >= 11 is 0. The summed E-state index contributed by atoms with van der Waals surface area (Å²) in [5.74, 6) is 0.00138. The van der Waals surface area contributed by atoms with Crippen LogP contribution in [0.3, 0.4) is 0 Å². The molecule has 2 heterocycles. The minimum atomic E-state index is -3.54. The van der Waals surface area contributed by atoms with Gasteiger partial charge in [-0.3, -0.25) is 0 Å². The number of imidazole rings is 1. The van der Waals surface area contributed by atoms with Gasteiger partial charge in [0.1, 0.15) is 0 Å². The first-order valence-electron chi connectivity index (χ1n) is 4.49. The lowest BCUT2D eigenvalue weighted by Gasteiger charge is -2.25. The van der Waals surface area contributed by atoms with Crippen LogP contribution in [0, 0.1) is 0 Å². The van der Waals surface area contributed by atoms with Crippen molar-refractivity contribution in [2.75, 3.05) is 32.0 Å². The van der Waals surface area contributed by atoms with Gasteiger partial charge in [-0.1, -0.05) is 0 Å². The van der Waals surface area contributed by atoms with E-state index >= 15 is 0 Å². The van der Waals surface area contributed by atoms with Crippen LogP contribution in [0.2, 0.25) is 0 Å². The maximum atomic E-state index is 12.0. The Kier molecular flexibility index (Phi) is 2.63. The van der Waals surface area contributed by atoms with Gasteiger partial charge in [-0.2, -0.15) is 4.31 Å². The smallest absolute Gasteiger partial charge is 0.262 e. The van der Waals surface area contributed by atoms with Gasteiger partial charge in [0.25, 0.3) is 10.0 Å². The zero-order valence-corrected chi connectivity index (χ0v) is 8.83. The quantitative estimate of drug-likeness (QED) is 0.682. The lowest BCUT2D eigenvalue weighted by Crippen LogP contribution is -2.40. The lowest BCUT2D eigenvalue weighted by molar-refractivity contribution is 0.0729. The third-order valence-electron chi connectivity index (χ3n) is 2.20. The van der Waals surface area contributed by atoms with E-state index in [0.29, 0.717) is 26.3 Å². The maximum absolute atomic E-state index is 12.0. The van der Waals surface area contributed by atoms with Gasteiger partial charge in [-0.25, -0.2) is 13.4 Å². The van der Waals surface area contributed by atoms with Crippen molar-refractivity contribution < 1.29 is 13.2 Å². The molecule has 0 aromatic carbocycles. The Balaban J connectivity index is 2.30. The van der Waals surface area contributed by atoms with E-state index in [0.717, 1.165) is 0 Å². The zero-order valence-electron chi connectivity index (χ0n) is 8.01. The molecule has 0 saturated carbocycles. The normalized spacial score (nSPS) is 19.2. The summed E-state index contributed by atoms with van der Waals surface area (Å²) in [4.78, 5) is 6.20. The van der Waals surface area contributed by atoms with E-state index in [1.54, 1.807) is 0 Å². The summed E-state index contributed by atoms with van der Waals surface area (Å²) in [5, 5.41) is -0.0376. The second kappa shape index (κ2) is 3.80. The molecule has 84 valence electrons. The van der Waals surface area contributed by atoms with Gasteiger partial charge in [0.05, 0.1) is 19.5 Å². The van der Waals surface area contributed by atoms with Gasteiger partial charge < -0.3 is 15.5 Å². The Morgan fingerprint density at radius 1 is 1.47 bits per heavy atom. The molecule has 1 aromatic rings. The van der Waals surface area contributed by atoms with Crippen molar-refractivity contribution in [3.8, 4) is 0 Å². The van der Waals surface area contributed by atoms with Crippen molar-refractivity contribution in [3.05, 3.63) is 6.33 Å². The second-order valence-corrected chi connectivity index (χ2v) is 5.01. The number of anilines is 1. The first-order chi connectivity index (χ1) is 7.12. The molecule has 15 heavy (non-hydrogen) atoms. The number of morpholine rings is 1. The molecular formula is C7H12N4O3S. The average molecular weight is 232 g/mol. The summed E-state index contributed by atoms with van der Waals surface area (Å²) in [6.45, 7) is 1.52. The molecule has 1 aromatic heterocycles. The summed E-state index contributed by atoms with van der Waals surface area (Å²) in [5.41, 5.74) is 5.45. The predicted molar refractivity (Wildman–Crippen MR) is 52.6 cm³/mol. The van der Waals surface area contributed by atoms with Crippen molar-refractivity contribution in [1.29, 1.82) is 0 Å². The molecular weight excluding hydrogens is 220 g/mol. The molecule has 0 aliphatic carbocycles. The fraction of sp³-hybridized carbons (Fsp3) is 0.571. The highest BCUT2D eigenvalue weighted by molar-refractivity contribution is 7.89. The number of hydrogen-bond acceptors (Lipinski definition) is 5. The monoisotopic (exact) mass is 232 g/mol. The van der Waals surface area contributed by atoms with Gasteiger partial charge in [-0.15, -0.1) is 0 Å². The Morgan fingerprint density at radius 3 is 2.67 bits per heavy atom. The number of hydrogen-bond donors (Lipinski definition) is 2. The summed E-state index contributed by atoms with van der Waals surface area (Å²) in [7, 11) is -3.54. The van der Waals surface area contributed by atoms with Gasteiger partial charge >= 0.3 is 0 Å². The largest absolute Gasteiger partial charge is 0.381 e. The number of nitrogens with one attached hydrogen (secondary N) is 1. The number of nitrogens with two attached hydrogens (primary N) is 1. The Bertz CT molecular complexity index is 435. The number of nitrogen functional groups attached to an aromatic ring is 1. The molecule has 0 amide bonds. The van der Waals surface area contributed by atoms with Crippen LogP contribution in [0.25, 0.3) is 0 Å². The minimum Gasteiger partial charge on any atom is -0.381 e. The topological polar surface area (TPSA) is 101 Å². The van der Waals surface area contributed by atoms with Crippen LogP contribution in [0.15, 0.2) is 11.4 Å². The molecule has 0 radical (unpaired) electrons. The number of aromatic nitrogens is 2. The van der Waals surface area contributed by atoms with Gasteiger partial charge in [-0.05, 0) is 0 Å². The van der Waals surface area contributed by atoms with Crippen LogP contribution >= 0.6 is 0 Å². The first-order valence-corrected chi connectivity index (χ1v) is 5.93. The second-order valence-electron chi connectivity index (χ2n) is 3.13. The molecule has 0 bridgehead atoms. The Labute approximate surface area is 87.3 Å². The van der Waals surface area contributed by atoms with Crippen molar-refractivity contribution >= 4 is 15.8 Å². The summed E-state index contributed by atoms with van der Waals surface area (Å²) in [6, 6.07) is 0. The first kappa shape index (κ1) is 10.4. The molecule has 1 aliphatic rings. The molecule has 1 fully saturated rings. The summed E-state index contributed by atoms with van der Waals surface area (Å²) < 4.78 is 30.4. The number of rotatable bonds is 2. The van der Waals surface area contributed by atoms with Crippen LogP contribution in [-0.2, 0) is 14.8 Å². The van der Waals surface area contributed by atoms with E-state index in [1.807, 2.05) is 0 Å². The van der Waals surface area contributed by atoms with E-state index in [-0.39, 0.29) is 10.8 Å². The highest BCUT2D eigenvalue weighted by atomic mass is 32.2. The van der Waals surface area contributed by atoms with Gasteiger partial charge in [0, 0.05) is 13.1 Å². The van der Waals surface area contributed by atoms with E-state index in [1.165, 1.54) is 10.6 Å². The molecule has 0 unspecified atom stereocenters. The van der Waals surface area contributed by atoms with Crippen LogP contribution in [0.5, 0.6) is 0 Å². The number of H-pyrrole nitrogens is 1. The van der Waals surface area contributed by atoms with E-state index < -0.39 is 10.0 Å². The van der Waals surface area contributed by atoms with E-state index in [9.17, 15) is 8.42 Å². The van der Waals surface area contributed by atoms with Crippen molar-refractivity contribution in [2.45, 2.75) is 5.03 Å². The fourth-order valence-corrected chi connectivity index (χ4v) is 2.82. The van der Waals surface area contributed by atoms with Crippen LogP contribution in [0.1, 0.15) is 0 Å². The maximum Gasteiger partial charge on any atom is 0.262 e. The molecule has 0 atom stereocenters. The third-order valence-corrected chi connectivity index (χ3v) is 4.09. The third kappa shape index (κ3) is 1.83. The summed E-state index contributed by atoms with van der Waals surface area (Å²) in [6.07, 6.45) is 1.27.